The summed E-state index contributed by atoms with van der Waals surface area (Å²) in [7, 11) is 0. The van der Waals surface area contributed by atoms with Crippen LogP contribution in [0.2, 0.25) is 0 Å². The van der Waals surface area contributed by atoms with Crippen LogP contribution >= 0.6 is 0 Å². The normalized spacial score (nSPS) is 11.6. The highest BCUT2D eigenvalue weighted by Gasteiger charge is 2.40. The molecule has 36 heavy (non-hydrogen) atoms. The first-order chi connectivity index (χ1) is 17.2. The third-order valence-electron chi connectivity index (χ3n) is 5.67. The van der Waals surface area contributed by atoms with Crippen molar-refractivity contribution in [3.8, 4) is 16.8 Å². The summed E-state index contributed by atoms with van der Waals surface area (Å²) in [5.74, 6) is -1.26. The van der Waals surface area contributed by atoms with E-state index in [4.69, 9.17) is 0 Å². The Hall–Kier alpha value is -4.73. The van der Waals surface area contributed by atoms with E-state index < -0.39 is 17.8 Å². The number of carboxylic acid groups (broad SMARTS) is 1. The van der Waals surface area contributed by atoms with Crippen LogP contribution in [0.3, 0.4) is 0 Å². The number of carbonyl (C=O) groups is 1. The van der Waals surface area contributed by atoms with E-state index >= 15 is 0 Å². The number of nitrogens with zero attached hydrogens (tertiary/aromatic N) is 4. The first kappa shape index (κ1) is 23.0. The van der Waals surface area contributed by atoms with Crippen molar-refractivity contribution in [1.29, 1.82) is 0 Å². The molecular weight excluding hydrogens is 471 g/mol. The highest BCUT2D eigenvalue weighted by atomic mass is 19.4. The smallest absolute Gasteiger partial charge is 0.435 e. The quantitative estimate of drug-likeness (QED) is 0.303. The predicted molar refractivity (Wildman–Crippen MR) is 129 cm³/mol. The molecule has 7 nitrogen and oxygen atoms in total. The van der Waals surface area contributed by atoms with E-state index in [0.717, 1.165) is 4.68 Å². The molecule has 2 N–H and O–H groups in total. The number of carboxylic acids is 1. The number of hydrogen-bond donors (Lipinski definition) is 2. The van der Waals surface area contributed by atoms with Crippen LogP contribution in [0, 0.1) is 6.92 Å². The first-order valence-electron chi connectivity index (χ1n) is 10.8. The van der Waals surface area contributed by atoms with Crippen molar-refractivity contribution >= 4 is 28.5 Å². The van der Waals surface area contributed by atoms with Crippen molar-refractivity contribution in [3.05, 3.63) is 95.9 Å². The fraction of sp³-hybridized carbons (Fsp3) is 0.0769. The fourth-order valence-electron chi connectivity index (χ4n) is 4.01. The second-order valence-corrected chi connectivity index (χ2v) is 8.00. The van der Waals surface area contributed by atoms with Gasteiger partial charge in [-0.05, 0) is 48.4 Å². The number of rotatable bonds is 5. The number of benzene rings is 3. The summed E-state index contributed by atoms with van der Waals surface area (Å²) < 4.78 is 44.3. The van der Waals surface area contributed by atoms with Gasteiger partial charge in [-0.15, -0.1) is 0 Å². The standard InChI is InChI=1S/C26H18F3N5O2/c1-15-6-2-5-9-21(15)34-24(32-18-8-4-3-7-17(18)25(35)36)22(23(33-34)26(27,28)29)16-10-11-19-20(14-16)31-13-12-30-19/h2-14,32H,1H3,(H,35,36). The lowest BCUT2D eigenvalue weighted by Gasteiger charge is -2.15. The van der Waals surface area contributed by atoms with Crippen LogP contribution in [0.4, 0.5) is 24.7 Å². The topological polar surface area (TPSA) is 92.9 Å². The molecule has 0 saturated heterocycles. The number of hydrogen-bond acceptors (Lipinski definition) is 5. The Balaban J connectivity index is 1.84. The molecule has 0 atom stereocenters. The van der Waals surface area contributed by atoms with E-state index in [2.05, 4.69) is 20.4 Å². The average Bonchev–Trinajstić information content (AvgIpc) is 3.23. The molecule has 0 radical (unpaired) electrons. The summed E-state index contributed by atoms with van der Waals surface area (Å²) in [5, 5.41) is 16.6. The molecule has 0 unspecified atom stereocenters. The zero-order valence-corrected chi connectivity index (χ0v) is 18.8. The maximum Gasteiger partial charge on any atom is 0.435 e. The summed E-state index contributed by atoms with van der Waals surface area (Å²) >= 11 is 0. The van der Waals surface area contributed by atoms with Crippen LogP contribution < -0.4 is 5.32 Å². The number of anilines is 2. The molecule has 0 amide bonds. The van der Waals surface area contributed by atoms with Crippen LogP contribution in [0.15, 0.2) is 79.1 Å². The van der Waals surface area contributed by atoms with Crippen molar-refractivity contribution in [2.24, 2.45) is 0 Å². The van der Waals surface area contributed by atoms with Gasteiger partial charge >= 0.3 is 12.1 Å². The van der Waals surface area contributed by atoms with E-state index in [1.54, 1.807) is 43.3 Å². The Morgan fingerprint density at radius 2 is 1.64 bits per heavy atom. The van der Waals surface area contributed by atoms with E-state index in [1.807, 2.05) is 0 Å². The second kappa shape index (κ2) is 8.81. The molecule has 5 rings (SSSR count). The minimum atomic E-state index is -4.80. The van der Waals surface area contributed by atoms with Crippen molar-refractivity contribution in [2.75, 3.05) is 5.32 Å². The molecule has 0 aliphatic carbocycles. The van der Waals surface area contributed by atoms with Gasteiger partial charge in [0.25, 0.3) is 0 Å². The molecule has 0 bridgehead atoms. The minimum absolute atomic E-state index is 0.0337. The number of aryl methyl sites for hydroxylation is 1. The molecule has 0 spiro atoms. The van der Waals surface area contributed by atoms with Gasteiger partial charge in [-0.25, -0.2) is 9.48 Å². The number of nitrogens with one attached hydrogen (secondary N) is 1. The van der Waals surface area contributed by atoms with Gasteiger partial charge in [0.05, 0.1) is 33.5 Å². The molecule has 10 heteroatoms. The van der Waals surface area contributed by atoms with Crippen molar-refractivity contribution < 1.29 is 23.1 Å². The SMILES string of the molecule is Cc1ccccc1-n1nc(C(F)(F)F)c(-c2ccc3nccnc3c2)c1Nc1ccccc1C(=O)O. The molecule has 2 heterocycles. The predicted octanol–water partition coefficient (Wildman–Crippen LogP) is 6.25. The molecule has 3 aromatic carbocycles. The Kier molecular flexibility index (Phi) is 5.63. The third-order valence-corrected chi connectivity index (χ3v) is 5.67. The van der Waals surface area contributed by atoms with Gasteiger partial charge in [-0.1, -0.05) is 36.4 Å². The van der Waals surface area contributed by atoms with Gasteiger partial charge in [-0.3, -0.25) is 9.97 Å². The summed E-state index contributed by atoms with van der Waals surface area (Å²) in [6.07, 6.45) is -1.85. The molecule has 180 valence electrons. The fourth-order valence-corrected chi connectivity index (χ4v) is 4.01. The maximum absolute atomic E-state index is 14.4. The molecule has 2 aromatic heterocycles. The average molecular weight is 489 g/mol. The molecule has 0 saturated carbocycles. The lowest BCUT2D eigenvalue weighted by molar-refractivity contribution is -0.140. The van der Waals surface area contributed by atoms with Gasteiger partial charge in [0.1, 0.15) is 5.82 Å². The lowest BCUT2D eigenvalue weighted by atomic mass is 10.0. The zero-order chi connectivity index (χ0) is 25.4. The Labute approximate surface area is 202 Å². The Morgan fingerprint density at radius 3 is 2.36 bits per heavy atom. The zero-order valence-electron chi connectivity index (χ0n) is 18.8. The van der Waals surface area contributed by atoms with Crippen LogP contribution in [-0.4, -0.2) is 30.8 Å². The van der Waals surface area contributed by atoms with Crippen LogP contribution in [0.25, 0.3) is 27.8 Å². The van der Waals surface area contributed by atoms with Crippen molar-refractivity contribution in [2.45, 2.75) is 13.1 Å². The number of alkyl halides is 3. The van der Waals surface area contributed by atoms with Crippen molar-refractivity contribution in [1.82, 2.24) is 19.7 Å². The number of fused-ring (bicyclic) bond motifs is 1. The van der Waals surface area contributed by atoms with Crippen LogP contribution in [-0.2, 0) is 6.18 Å². The number of aromatic carboxylic acids is 1. The van der Waals surface area contributed by atoms with Gasteiger partial charge in [0, 0.05) is 12.4 Å². The molecule has 5 aromatic rings. The van der Waals surface area contributed by atoms with Gasteiger partial charge in [0.2, 0.25) is 0 Å². The van der Waals surface area contributed by atoms with E-state index in [0.29, 0.717) is 22.3 Å². The first-order valence-corrected chi connectivity index (χ1v) is 10.8. The van der Waals surface area contributed by atoms with Crippen LogP contribution in [0.5, 0.6) is 0 Å². The van der Waals surface area contributed by atoms with Crippen molar-refractivity contribution in [3.63, 3.8) is 0 Å². The highest BCUT2D eigenvalue weighted by molar-refractivity contribution is 5.96. The summed E-state index contributed by atoms with van der Waals surface area (Å²) in [6.45, 7) is 1.75. The number of para-hydroxylation sites is 2. The Morgan fingerprint density at radius 1 is 0.944 bits per heavy atom. The largest absolute Gasteiger partial charge is 0.478 e. The molecule has 0 aliphatic rings. The van der Waals surface area contributed by atoms with E-state index in [1.165, 1.54) is 42.7 Å². The lowest BCUT2D eigenvalue weighted by Crippen LogP contribution is -2.09. The van der Waals surface area contributed by atoms with Gasteiger partial charge in [0.15, 0.2) is 5.69 Å². The monoisotopic (exact) mass is 489 g/mol. The second-order valence-electron chi connectivity index (χ2n) is 8.00. The number of aromatic nitrogens is 4. The third kappa shape index (κ3) is 4.13. The molecule has 0 fully saturated rings. The van der Waals surface area contributed by atoms with Gasteiger partial charge in [-0.2, -0.15) is 18.3 Å². The maximum atomic E-state index is 14.4. The summed E-state index contributed by atoms with van der Waals surface area (Å²) in [6, 6.07) is 17.5. The summed E-state index contributed by atoms with van der Waals surface area (Å²) in [4.78, 5) is 20.2. The van der Waals surface area contributed by atoms with Gasteiger partial charge < -0.3 is 10.4 Å². The highest BCUT2D eigenvalue weighted by Crippen LogP contribution is 2.43. The summed E-state index contributed by atoms with van der Waals surface area (Å²) in [5.41, 5.74) is 0.877. The Bertz CT molecular complexity index is 1610. The minimum Gasteiger partial charge on any atom is -0.478 e. The number of halogens is 3. The molecular formula is C26H18F3N5O2. The molecule has 0 aliphatic heterocycles. The van der Waals surface area contributed by atoms with E-state index in [-0.39, 0.29) is 28.2 Å². The van der Waals surface area contributed by atoms with Crippen LogP contribution in [0.1, 0.15) is 21.6 Å². The van der Waals surface area contributed by atoms with E-state index in [9.17, 15) is 23.1 Å².